The number of nitrogens with zero attached hydrogens (tertiary/aromatic N) is 4. The molecule has 5 aliphatic rings. The van der Waals surface area contributed by atoms with Crippen LogP contribution in [0.2, 0.25) is 0 Å². The average Bonchev–Trinajstić information content (AvgIpc) is 3.30. The molecule has 1 aliphatic carbocycles. The smallest absolute Gasteiger partial charge is 0.252 e. The third-order valence-corrected chi connectivity index (χ3v) is 8.02. The molecule has 0 bridgehead atoms. The van der Waals surface area contributed by atoms with Crippen LogP contribution in [-0.2, 0) is 14.4 Å². The fourth-order valence-electron chi connectivity index (χ4n) is 6.39. The van der Waals surface area contributed by atoms with Crippen LogP contribution in [0.5, 0.6) is 0 Å². The first-order chi connectivity index (χ1) is 14.5. The Morgan fingerprint density at radius 3 is 2.47 bits per heavy atom. The second-order valence-corrected chi connectivity index (χ2v) is 9.92. The summed E-state index contributed by atoms with van der Waals surface area (Å²) < 4.78 is 0. The van der Waals surface area contributed by atoms with Gasteiger partial charge in [0, 0.05) is 51.7 Å². The predicted molar refractivity (Wildman–Crippen MR) is 109 cm³/mol. The first-order valence-corrected chi connectivity index (χ1v) is 11.8. The van der Waals surface area contributed by atoms with Gasteiger partial charge in [-0.25, -0.2) is 0 Å². The fraction of sp³-hybridized carbons (Fsp3) is 0.864. The molecule has 0 unspecified atom stereocenters. The van der Waals surface area contributed by atoms with Gasteiger partial charge < -0.3 is 10.0 Å². The Morgan fingerprint density at radius 2 is 1.77 bits per heavy atom. The lowest BCUT2D eigenvalue weighted by Gasteiger charge is -2.60. The van der Waals surface area contributed by atoms with E-state index in [2.05, 4.69) is 4.90 Å². The SMILES string of the molecule is O=C1CCCN1CCCN1C(=O)[C@@H]2C[C@@H](O)CN2C2(CN(C3CCCCC3)C2)C1=O. The van der Waals surface area contributed by atoms with E-state index in [0.717, 1.165) is 13.0 Å². The number of aliphatic hydroxyl groups is 1. The van der Waals surface area contributed by atoms with E-state index in [1.165, 1.54) is 37.0 Å². The van der Waals surface area contributed by atoms with Crippen molar-refractivity contribution in [3.05, 3.63) is 0 Å². The van der Waals surface area contributed by atoms with E-state index in [9.17, 15) is 19.5 Å². The second kappa shape index (κ2) is 7.88. The lowest BCUT2D eigenvalue weighted by Crippen LogP contribution is -2.82. The molecule has 1 N–H and O–H groups in total. The van der Waals surface area contributed by atoms with Gasteiger partial charge in [0.1, 0.15) is 5.54 Å². The molecule has 0 radical (unpaired) electrons. The summed E-state index contributed by atoms with van der Waals surface area (Å²) in [5.74, 6) is -0.0707. The first-order valence-electron chi connectivity index (χ1n) is 11.8. The Labute approximate surface area is 178 Å². The Morgan fingerprint density at radius 1 is 1.00 bits per heavy atom. The number of carbonyl (C=O) groups excluding carboxylic acids is 3. The number of hydrogen-bond donors (Lipinski definition) is 1. The van der Waals surface area contributed by atoms with E-state index < -0.39 is 11.6 Å². The first kappa shape index (κ1) is 20.4. The van der Waals surface area contributed by atoms with Crippen LogP contribution in [0.15, 0.2) is 0 Å². The highest BCUT2D eigenvalue weighted by Gasteiger charge is 2.64. The van der Waals surface area contributed by atoms with Gasteiger partial charge in [-0.3, -0.25) is 29.1 Å². The molecule has 3 amide bonds. The lowest BCUT2D eigenvalue weighted by atomic mass is 9.79. The number of aliphatic hydroxyl groups excluding tert-OH is 1. The molecular weight excluding hydrogens is 384 g/mol. The highest BCUT2D eigenvalue weighted by Crippen LogP contribution is 2.42. The zero-order valence-corrected chi connectivity index (χ0v) is 17.8. The van der Waals surface area contributed by atoms with Gasteiger partial charge in [0.25, 0.3) is 5.91 Å². The molecule has 4 aliphatic heterocycles. The van der Waals surface area contributed by atoms with E-state index >= 15 is 0 Å². The maximum atomic E-state index is 13.6. The number of imide groups is 1. The molecule has 8 heteroatoms. The van der Waals surface area contributed by atoms with Gasteiger partial charge in [0.2, 0.25) is 11.8 Å². The minimum Gasteiger partial charge on any atom is -0.392 e. The van der Waals surface area contributed by atoms with Crippen LogP contribution in [-0.4, -0.2) is 105 Å². The molecule has 30 heavy (non-hydrogen) atoms. The molecule has 166 valence electrons. The van der Waals surface area contributed by atoms with Gasteiger partial charge in [-0.2, -0.15) is 0 Å². The van der Waals surface area contributed by atoms with Crippen molar-refractivity contribution in [1.29, 1.82) is 0 Å². The molecule has 4 heterocycles. The quantitative estimate of drug-likeness (QED) is 0.642. The maximum Gasteiger partial charge on any atom is 0.252 e. The predicted octanol–water partition coefficient (Wildman–Crippen LogP) is 0.190. The second-order valence-electron chi connectivity index (χ2n) is 9.92. The minimum atomic E-state index is -0.656. The summed E-state index contributed by atoms with van der Waals surface area (Å²) in [5.41, 5.74) is -0.656. The van der Waals surface area contributed by atoms with Crippen LogP contribution in [0.25, 0.3) is 0 Å². The van der Waals surface area contributed by atoms with Gasteiger partial charge in [0.05, 0.1) is 12.1 Å². The third-order valence-electron chi connectivity index (χ3n) is 8.02. The van der Waals surface area contributed by atoms with Crippen molar-refractivity contribution in [2.45, 2.75) is 81.5 Å². The molecule has 1 saturated carbocycles. The van der Waals surface area contributed by atoms with Gasteiger partial charge in [-0.1, -0.05) is 19.3 Å². The number of likely N-dealkylation sites (tertiary alicyclic amines) is 2. The molecule has 5 fully saturated rings. The number of piperazine rings is 1. The summed E-state index contributed by atoms with van der Waals surface area (Å²) in [6.45, 7) is 3.52. The van der Waals surface area contributed by atoms with Crippen LogP contribution in [0, 0.1) is 0 Å². The molecule has 4 saturated heterocycles. The largest absolute Gasteiger partial charge is 0.392 e. The summed E-state index contributed by atoms with van der Waals surface area (Å²) in [6.07, 6.45) is 8.21. The topological polar surface area (TPSA) is 84.4 Å². The molecule has 0 aromatic carbocycles. The Bertz CT molecular complexity index is 716. The number of amides is 3. The highest BCUT2D eigenvalue weighted by atomic mass is 16.3. The van der Waals surface area contributed by atoms with Crippen LogP contribution in [0.4, 0.5) is 0 Å². The van der Waals surface area contributed by atoms with Gasteiger partial charge >= 0.3 is 0 Å². The van der Waals surface area contributed by atoms with E-state index in [1.54, 1.807) is 0 Å². The number of β-amino-alcohol motifs (C(OH)–C–C–N with tert-alkyl or cyclic N) is 1. The van der Waals surface area contributed by atoms with Crippen molar-refractivity contribution in [3.8, 4) is 0 Å². The minimum absolute atomic E-state index is 0.0855. The summed E-state index contributed by atoms with van der Waals surface area (Å²) in [5, 5.41) is 10.3. The Balaban J connectivity index is 1.28. The standard InChI is InChI=1S/C22H34N4O4/c27-17-12-18-20(29)25(11-5-10-23-9-4-8-19(23)28)21(30)22(26(18)13-17)14-24(15-22)16-6-2-1-3-7-16/h16-18,27H,1-15H2/t17-,18+/m1/s1. The van der Waals surface area contributed by atoms with E-state index in [4.69, 9.17) is 0 Å². The van der Waals surface area contributed by atoms with E-state index in [1.807, 2.05) is 9.80 Å². The molecular formula is C22H34N4O4. The van der Waals surface area contributed by atoms with Crippen molar-refractivity contribution in [3.63, 3.8) is 0 Å². The molecule has 2 atom stereocenters. The highest BCUT2D eigenvalue weighted by molar-refractivity contribution is 6.06. The van der Waals surface area contributed by atoms with Gasteiger partial charge in [-0.15, -0.1) is 0 Å². The van der Waals surface area contributed by atoms with Crippen molar-refractivity contribution in [2.24, 2.45) is 0 Å². The van der Waals surface area contributed by atoms with Crippen molar-refractivity contribution in [1.82, 2.24) is 19.6 Å². The van der Waals surface area contributed by atoms with E-state index in [0.29, 0.717) is 58.0 Å². The number of rotatable bonds is 5. The maximum absolute atomic E-state index is 13.6. The monoisotopic (exact) mass is 418 g/mol. The average molecular weight is 419 g/mol. The lowest BCUT2D eigenvalue weighted by molar-refractivity contribution is -0.183. The molecule has 0 aromatic heterocycles. The zero-order valence-electron chi connectivity index (χ0n) is 17.8. The van der Waals surface area contributed by atoms with Crippen molar-refractivity contribution >= 4 is 17.7 Å². The normalized spacial score (nSPS) is 32.9. The van der Waals surface area contributed by atoms with Crippen LogP contribution in [0.1, 0.15) is 57.8 Å². The molecule has 8 nitrogen and oxygen atoms in total. The summed E-state index contributed by atoms with van der Waals surface area (Å²) in [4.78, 5) is 46.3. The number of fused-ring (bicyclic) bond motifs is 2. The molecule has 5 rings (SSSR count). The summed E-state index contributed by atoms with van der Waals surface area (Å²) in [7, 11) is 0. The molecule has 1 spiro atoms. The summed E-state index contributed by atoms with van der Waals surface area (Å²) >= 11 is 0. The van der Waals surface area contributed by atoms with Crippen LogP contribution < -0.4 is 0 Å². The molecule has 0 aromatic rings. The van der Waals surface area contributed by atoms with Crippen molar-refractivity contribution < 1.29 is 19.5 Å². The van der Waals surface area contributed by atoms with Gasteiger partial charge in [0.15, 0.2) is 0 Å². The van der Waals surface area contributed by atoms with Crippen LogP contribution in [0.3, 0.4) is 0 Å². The van der Waals surface area contributed by atoms with Gasteiger partial charge in [-0.05, 0) is 32.1 Å². The van der Waals surface area contributed by atoms with Crippen molar-refractivity contribution in [2.75, 3.05) is 39.3 Å². The Kier molecular flexibility index (Phi) is 5.35. The van der Waals surface area contributed by atoms with E-state index in [-0.39, 0.29) is 23.8 Å². The number of hydrogen-bond acceptors (Lipinski definition) is 6. The zero-order chi connectivity index (χ0) is 20.9. The Hall–Kier alpha value is -1.51. The van der Waals surface area contributed by atoms with Crippen LogP contribution >= 0.6 is 0 Å². The fourth-order valence-corrected chi connectivity index (χ4v) is 6.39. The summed E-state index contributed by atoms with van der Waals surface area (Å²) in [6, 6.07) is 0.162. The third kappa shape index (κ3) is 3.28. The number of carbonyl (C=O) groups is 3.